The van der Waals surface area contributed by atoms with Gasteiger partial charge in [-0.1, -0.05) is 6.07 Å². The zero-order chi connectivity index (χ0) is 26.3. The van der Waals surface area contributed by atoms with Crippen LogP contribution in [0.15, 0.2) is 36.7 Å². The summed E-state index contributed by atoms with van der Waals surface area (Å²) in [6.07, 6.45) is 3.20. The molecule has 0 radical (unpaired) electrons. The number of carbonyl (C=O) groups excluding carboxylic acids is 1. The molecule has 1 aliphatic heterocycles. The average Bonchev–Trinajstić information content (AvgIpc) is 3.09. The molecule has 0 saturated heterocycles. The molecule has 1 saturated carbocycles. The van der Waals surface area contributed by atoms with Crippen molar-refractivity contribution in [3.05, 3.63) is 47.9 Å². The van der Waals surface area contributed by atoms with E-state index in [1.807, 2.05) is 0 Å². The normalized spacial score (nSPS) is 22.6. The third-order valence-corrected chi connectivity index (χ3v) is 7.22. The lowest BCUT2D eigenvalue weighted by Crippen LogP contribution is -2.36. The van der Waals surface area contributed by atoms with Crippen LogP contribution in [-0.2, 0) is 17.6 Å². The van der Waals surface area contributed by atoms with Gasteiger partial charge < -0.3 is 14.4 Å². The number of hydrogen-bond donors (Lipinski definition) is 0. The summed E-state index contributed by atoms with van der Waals surface area (Å²) >= 11 is 0. The van der Waals surface area contributed by atoms with Gasteiger partial charge in [0.2, 0.25) is 5.88 Å². The van der Waals surface area contributed by atoms with E-state index < -0.39 is 18.5 Å². The highest BCUT2D eigenvalue weighted by molar-refractivity contribution is 5.80. The zero-order valence-electron chi connectivity index (χ0n) is 20.8. The van der Waals surface area contributed by atoms with Gasteiger partial charge in [-0.05, 0) is 62.1 Å². The number of fused-ring (bicyclic) bond motifs is 1. The second kappa shape index (κ2) is 12.2. The van der Waals surface area contributed by atoms with Gasteiger partial charge in [-0.3, -0.25) is 9.78 Å². The highest BCUT2D eigenvalue weighted by Gasteiger charge is 2.36. The second-order valence-electron chi connectivity index (χ2n) is 10.1. The van der Waals surface area contributed by atoms with Crippen molar-refractivity contribution < 1.29 is 31.8 Å². The molecule has 0 amide bonds. The van der Waals surface area contributed by atoms with Crippen LogP contribution in [0, 0.1) is 5.92 Å². The van der Waals surface area contributed by atoms with Crippen LogP contribution in [0.4, 0.5) is 17.6 Å². The van der Waals surface area contributed by atoms with Crippen molar-refractivity contribution in [1.29, 1.82) is 0 Å². The number of ketones is 1. The van der Waals surface area contributed by atoms with E-state index in [-0.39, 0.29) is 24.2 Å². The van der Waals surface area contributed by atoms with Crippen molar-refractivity contribution in [3.8, 4) is 11.6 Å². The molecular formula is C27H33F4N3O3. The Morgan fingerprint density at radius 3 is 2.62 bits per heavy atom. The molecule has 0 unspecified atom stereocenters. The summed E-state index contributed by atoms with van der Waals surface area (Å²) < 4.78 is 63.1. The van der Waals surface area contributed by atoms with E-state index >= 15 is 4.39 Å². The van der Waals surface area contributed by atoms with E-state index in [0.29, 0.717) is 70.2 Å². The van der Waals surface area contributed by atoms with Gasteiger partial charge in [0.15, 0.2) is 12.4 Å². The minimum absolute atomic E-state index is 0.00507. The summed E-state index contributed by atoms with van der Waals surface area (Å²) in [7, 11) is 0. The fourth-order valence-corrected chi connectivity index (χ4v) is 5.05. The first-order chi connectivity index (χ1) is 17.7. The molecule has 0 N–H and O–H groups in total. The van der Waals surface area contributed by atoms with E-state index in [1.165, 1.54) is 6.07 Å². The van der Waals surface area contributed by atoms with Gasteiger partial charge in [0.1, 0.15) is 18.0 Å². The topological polar surface area (TPSA) is 64.5 Å². The van der Waals surface area contributed by atoms with Crippen LogP contribution in [-0.4, -0.2) is 65.3 Å². The van der Waals surface area contributed by atoms with E-state index in [2.05, 4.69) is 14.9 Å². The van der Waals surface area contributed by atoms with Gasteiger partial charge in [-0.25, -0.2) is 9.37 Å². The number of pyridine rings is 2. The number of halogens is 4. The molecule has 2 aromatic heterocycles. The summed E-state index contributed by atoms with van der Waals surface area (Å²) in [4.78, 5) is 22.7. The quantitative estimate of drug-likeness (QED) is 0.402. The Labute approximate surface area is 214 Å². The molecule has 6 nitrogen and oxygen atoms in total. The minimum atomic E-state index is -4.41. The lowest BCUT2D eigenvalue weighted by molar-refractivity contribution is -0.154. The Bertz CT molecular complexity index is 1030. The molecule has 0 aromatic carbocycles. The molecule has 3 heterocycles. The van der Waals surface area contributed by atoms with Gasteiger partial charge in [0.05, 0.1) is 6.20 Å². The summed E-state index contributed by atoms with van der Waals surface area (Å²) in [5.74, 6) is 0.738. The van der Waals surface area contributed by atoms with Gasteiger partial charge >= 0.3 is 6.18 Å². The molecule has 2 aromatic rings. The second-order valence-corrected chi connectivity index (χ2v) is 10.1. The Balaban J connectivity index is 1.17. The number of rotatable bonds is 10. The molecule has 0 spiro atoms. The first-order valence-corrected chi connectivity index (χ1v) is 12.8. The third-order valence-electron chi connectivity index (χ3n) is 7.22. The number of carbonyl (C=O) groups is 1. The highest BCUT2D eigenvalue weighted by atomic mass is 19.4. The SMILES string of the molecule is O=C(COc1cccnc1)CC1CCC(F)(CCN2CCc3ccc(OCC(F)(F)F)nc3CC2)CC1. The fourth-order valence-electron chi connectivity index (χ4n) is 5.05. The van der Waals surface area contributed by atoms with Crippen molar-refractivity contribution in [3.63, 3.8) is 0 Å². The first kappa shape index (κ1) is 27.3. The predicted molar refractivity (Wildman–Crippen MR) is 129 cm³/mol. The van der Waals surface area contributed by atoms with Gasteiger partial charge in [0, 0.05) is 50.4 Å². The maximum Gasteiger partial charge on any atom is 0.422 e. The van der Waals surface area contributed by atoms with Crippen LogP contribution in [0.3, 0.4) is 0 Å². The van der Waals surface area contributed by atoms with E-state index in [1.54, 1.807) is 30.6 Å². The monoisotopic (exact) mass is 523 g/mol. The number of hydrogen-bond acceptors (Lipinski definition) is 6. The lowest BCUT2D eigenvalue weighted by Gasteiger charge is -2.35. The number of ether oxygens (including phenoxy) is 2. The lowest BCUT2D eigenvalue weighted by atomic mass is 9.76. The minimum Gasteiger partial charge on any atom is -0.484 e. The van der Waals surface area contributed by atoms with E-state index in [0.717, 1.165) is 17.8 Å². The number of alkyl halides is 4. The zero-order valence-corrected chi connectivity index (χ0v) is 20.8. The molecule has 202 valence electrons. The van der Waals surface area contributed by atoms with Crippen molar-refractivity contribution in [2.24, 2.45) is 5.92 Å². The largest absolute Gasteiger partial charge is 0.484 e. The number of aromatic nitrogens is 2. The fraction of sp³-hybridized carbons (Fsp3) is 0.593. The predicted octanol–water partition coefficient (Wildman–Crippen LogP) is 5.15. The van der Waals surface area contributed by atoms with Crippen LogP contribution in [0.2, 0.25) is 0 Å². The summed E-state index contributed by atoms with van der Waals surface area (Å²) in [6, 6.07) is 6.75. The Hall–Kier alpha value is -2.75. The number of nitrogens with zero attached hydrogens (tertiary/aromatic N) is 3. The maximum absolute atomic E-state index is 15.5. The van der Waals surface area contributed by atoms with Gasteiger partial charge in [-0.2, -0.15) is 13.2 Å². The number of Topliss-reactive ketones (excluding diaryl/α,β-unsaturated/α-hetero) is 1. The first-order valence-electron chi connectivity index (χ1n) is 12.8. The summed E-state index contributed by atoms with van der Waals surface area (Å²) in [6.45, 7) is 0.682. The standard InChI is InChI=1S/C27H33F4N3O3/c28-26(9-5-20(6-10-26)16-22(35)18-36-23-2-1-12-32-17-23)11-15-34-13-7-21-3-4-25(33-24(21)8-14-34)37-19-27(29,30)31/h1-4,12,17,20H,5-11,13-16,18-19H2. The molecule has 4 rings (SSSR count). The molecule has 1 aliphatic carbocycles. The summed E-state index contributed by atoms with van der Waals surface area (Å²) in [5.41, 5.74) is 0.506. The van der Waals surface area contributed by atoms with E-state index in [9.17, 15) is 18.0 Å². The van der Waals surface area contributed by atoms with Crippen molar-refractivity contribution >= 4 is 5.78 Å². The third kappa shape index (κ3) is 8.66. The Morgan fingerprint density at radius 1 is 1.11 bits per heavy atom. The Morgan fingerprint density at radius 2 is 1.89 bits per heavy atom. The van der Waals surface area contributed by atoms with Crippen LogP contribution in [0.1, 0.15) is 49.8 Å². The molecule has 1 fully saturated rings. The van der Waals surface area contributed by atoms with Gasteiger partial charge in [0.25, 0.3) is 0 Å². The molecule has 37 heavy (non-hydrogen) atoms. The van der Waals surface area contributed by atoms with Crippen LogP contribution >= 0.6 is 0 Å². The molecular weight excluding hydrogens is 490 g/mol. The highest BCUT2D eigenvalue weighted by Crippen LogP contribution is 2.39. The average molecular weight is 524 g/mol. The van der Waals surface area contributed by atoms with Crippen molar-refractivity contribution in [1.82, 2.24) is 14.9 Å². The Kier molecular flexibility index (Phi) is 9.00. The molecule has 0 atom stereocenters. The van der Waals surface area contributed by atoms with Crippen LogP contribution in [0.25, 0.3) is 0 Å². The molecule has 0 bridgehead atoms. The molecule has 2 aliphatic rings. The van der Waals surface area contributed by atoms with Crippen molar-refractivity contribution in [2.45, 2.75) is 63.2 Å². The smallest absolute Gasteiger partial charge is 0.422 e. The van der Waals surface area contributed by atoms with Crippen molar-refractivity contribution in [2.75, 3.05) is 32.8 Å². The molecule has 10 heteroatoms. The van der Waals surface area contributed by atoms with E-state index in [4.69, 9.17) is 9.47 Å². The summed E-state index contributed by atoms with van der Waals surface area (Å²) in [5, 5.41) is 0. The van der Waals surface area contributed by atoms with Crippen LogP contribution in [0.5, 0.6) is 11.6 Å². The van der Waals surface area contributed by atoms with Crippen LogP contribution < -0.4 is 9.47 Å². The van der Waals surface area contributed by atoms with Gasteiger partial charge in [-0.15, -0.1) is 0 Å². The maximum atomic E-state index is 15.5.